The zero-order chi connectivity index (χ0) is 12.9. The number of ether oxygens (including phenoxy) is 1. The highest BCUT2D eigenvalue weighted by Gasteiger charge is 2.10. The fraction of sp³-hybridized carbons (Fsp3) is 0.500. The molecule has 0 saturated heterocycles. The summed E-state index contributed by atoms with van der Waals surface area (Å²) in [4.78, 5) is 4.08. The maximum absolute atomic E-state index is 11.0. The van der Waals surface area contributed by atoms with Crippen LogP contribution in [0.15, 0.2) is 23.2 Å². The molecule has 1 unspecified atom stereocenters. The van der Waals surface area contributed by atoms with Crippen LogP contribution in [-0.2, 0) is 21.2 Å². The van der Waals surface area contributed by atoms with Crippen molar-refractivity contribution in [2.45, 2.75) is 17.4 Å². The third kappa shape index (κ3) is 4.39. The second-order valence-electron chi connectivity index (χ2n) is 3.68. The number of nitrogens with one attached hydrogen (secondary N) is 1. The van der Waals surface area contributed by atoms with Gasteiger partial charge in [-0.15, -0.1) is 0 Å². The minimum Gasteiger partial charge on any atom is -0.383 e. The lowest BCUT2D eigenvalue weighted by Crippen LogP contribution is -2.32. The Kier molecular flexibility index (Phi) is 5.01. The van der Waals surface area contributed by atoms with Crippen molar-refractivity contribution < 1.29 is 13.2 Å². The molecule has 3 N–H and O–H groups in total. The van der Waals surface area contributed by atoms with Gasteiger partial charge in [-0.25, -0.2) is 13.6 Å². The van der Waals surface area contributed by atoms with Crippen LogP contribution in [0.25, 0.3) is 0 Å². The largest absolute Gasteiger partial charge is 0.383 e. The van der Waals surface area contributed by atoms with E-state index in [1.165, 1.54) is 12.3 Å². The summed E-state index contributed by atoms with van der Waals surface area (Å²) < 4.78 is 27.1. The molecule has 6 nitrogen and oxygen atoms in total. The molecule has 1 atom stereocenters. The first kappa shape index (κ1) is 14.0. The Bertz CT molecular complexity index is 444. The van der Waals surface area contributed by atoms with E-state index >= 15 is 0 Å². The topological polar surface area (TPSA) is 94.3 Å². The summed E-state index contributed by atoms with van der Waals surface area (Å²) in [5.41, 5.74) is 0.786. The monoisotopic (exact) mass is 259 g/mol. The number of nitrogens with zero attached hydrogens (tertiary/aromatic N) is 1. The van der Waals surface area contributed by atoms with Gasteiger partial charge in [0.25, 0.3) is 0 Å². The Morgan fingerprint density at radius 3 is 2.65 bits per heavy atom. The number of hydrogen-bond donors (Lipinski definition) is 2. The Hall–Kier alpha value is -1.02. The van der Waals surface area contributed by atoms with Crippen LogP contribution in [0.1, 0.15) is 5.69 Å². The zero-order valence-corrected chi connectivity index (χ0v) is 10.7. The quantitative estimate of drug-likeness (QED) is 0.718. The number of likely N-dealkylation sites (N-methyl/N-ethyl adjacent to an activating group) is 1. The molecule has 0 aliphatic heterocycles. The van der Waals surface area contributed by atoms with E-state index in [1.54, 1.807) is 13.2 Å². The summed E-state index contributed by atoms with van der Waals surface area (Å²) in [5, 5.41) is 8.07. The zero-order valence-electron chi connectivity index (χ0n) is 9.88. The molecule has 0 aromatic carbocycles. The van der Waals surface area contributed by atoms with Crippen LogP contribution in [0.3, 0.4) is 0 Å². The van der Waals surface area contributed by atoms with Gasteiger partial charge in [0.05, 0.1) is 6.61 Å². The molecule has 17 heavy (non-hydrogen) atoms. The smallest absolute Gasteiger partial charge is 0.239 e. The second kappa shape index (κ2) is 6.06. The third-order valence-corrected chi connectivity index (χ3v) is 3.26. The van der Waals surface area contributed by atoms with Crippen molar-refractivity contribution in [2.75, 3.05) is 20.8 Å². The fourth-order valence-electron chi connectivity index (χ4n) is 1.40. The highest BCUT2D eigenvalue weighted by molar-refractivity contribution is 7.89. The molecule has 0 saturated carbocycles. The molecule has 7 heteroatoms. The maximum Gasteiger partial charge on any atom is 0.239 e. The van der Waals surface area contributed by atoms with Crippen LogP contribution in [0.5, 0.6) is 0 Å². The van der Waals surface area contributed by atoms with Gasteiger partial charge in [-0.1, -0.05) is 0 Å². The summed E-state index contributed by atoms with van der Waals surface area (Å²) in [6.45, 7) is 0.565. The van der Waals surface area contributed by atoms with Gasteiger partial charge in [-0.05, 0) is 19.2 Å². The Morgan fingerprint density at radius 2 is 2.24 bits per heavy atom. The van der Waals surface area contributed by atoms with Crippen LogP contribution < -0.4 is 10.5 Å². The summed E-state index contributed by atoms with van der Waals surface area (Å²) in [6.07, 6.45) is 1.93. The van der Waals surface area contributed by atoms with Crippen LogP contribution in [0.2, 0.25) is 0 Å². The summed E-state index contributed by atoms with van der Waals surface area (Å²) in [5.74, 6) is 0. The highest BCUT2D eigenvalue weighted by atomic mass is 32.2. The predicted molar refractivity (Wildman–Crippen MR) is 64.0 cm³/mol. The normalized spacial score (nSPS) is 13.6. The molecule has 1 heterocycles. The molecule has 1 rings (SSSR count). The highest BCUT2D eigenvalue weighted by Crippen LogP contribution is 2.07. The maximum atomic E-state index is 11.0. The van der Waals surface area contributed by atoms with E-state index in [9.17, 15) is 8.42 Å². The van der Waals surface area contributed by atoms with Crippen molar-refractivity contribution in [1.82, 2.24) is 10.3 Å². The van der Waals surface area contributed by atoms with Gasteiger partial charge < -0.3 is 10.1 Å². The number of rotatable bonds is 6. The first-order valence-electron chi connectivity index (χ1n) is 5.11. The Labute approximate surface area is 101 Å². The van der Waals surface area contributed by atoms with Crippen molar-refractivity contribution in [3.05, 3.63) is 24.0 Å². The van der Waals surface area contributed by atoms with Crippen LogP contribution in [0, 0.1) is 0 Å². The summed E-state index contributed by atoms with van der Waals surface area (Å²) in [6, 6.07) is 3.25. The van der Waals surface area contributed by atoms with Crippen molar-refractivity contribution in [3.8, 4) is 0 Å². The minimum absolute atomic E-state index is 0.0222. The van der Waals surface area contributed by atoms with Crippen LogP contribution >= 0.6 is 0 Å². The van der Waals surface area contributed by atoms with Crippen LogP contribution in [-0.4, -0.2) is 40.2 Å². The number of primary sulfonamides is 1. The fourth-order valence-corrected chi connectivity index (χ4v) is 1.86. The molecule has 0 amide bonds. The predicted octanol–water partition coefficient (Wildman–Crippen LogP) is -0.494. The molecular formula is C10H17N3O3S. The number of hydrogen-bond acceptors (Lipinski definition) is 5. The number of nitrogens with two attached hydrogens (primary N) is 1. The second-order valence-corrected chi connectivity index (χ2v) is 5.24. The molecule has 96 valence electrons. The lowest BCUT2D eigenvalue weighted by molar-refractivity contribution is 0.169. The average molecular weight is 259 g/mol. The molecule has 0 aliphatic carbocycles. The Balaban J connectivity index is 2.74. The molecule has 1 aromatic heterocycles. The van der Waals surface area contributed by atoms with Crippen molar-refractivity contribution in [3.63, 3.8) is 0 Å². The van der Waals surface area contributed by atoms with Crippen molar-refractivity contribution >= 4 is 10.0 Å². The van der Waals surface area contributed by atoms with Gasteiger partial charge in [0.1, 0.15) is 4.90 Å². The van der Waals surface area contributed by atoms with Crippen LogP contribution in [0.4, 0.5) is 0 Å². The van der Waals surface area contributed by atoms with E-state index in [4.69, 9.17) is 9.88 Å². The van der Waals surface area contributed by atoms with Gasteiger partial charge in [0.15, 0.2) is 0 Å². The van der Waals surface area contributed by atoms with Crippen molar-refractivity contribution in [2.24, 2.45) is 5.14 Å². The molecule has 1 aromatic rings. The van der Waals surface area contributed by atoms with Gasteiger partial charge in [0, 0.05) is 31.5 Å². The summed E-state index contributed by atoms with van der Waals surface area (Å²) in [7, 11) is -0.204. The standard InChI is InChI=1S/C10H17N3O3S/c1-12-9(7-16-2)5-8-3-4-10(6-13-8)17(11,14)15/h3-4,6,9,12H,5,7H2,1-2H3,(H2,11,14,15). The third-order valence-electron chi connectivity index (χ3n) is 2.36. The van der Waals surface area contributed by atoms with E-state index in [0.717, 1.165) is 5.69 Å². The van der Waals surface area contributed by atoms with Gasteiger partial charge >= 0.3 is 0 Å². The first-order valence-corrected chi connectivity index (χ1v) is 6.66. The van der Waals surface area contributed by atoms with E-state index < -0.39 is 10.0 Å². The first-order chi connectivity index (χ1) is 7.97. The number of sulfonamides is 1. The van der Waals surface area contributed by atoms with Gasteiger partial charge in [-0.2, -0.15) is 0 Å². The van der Waals surface area contributed by atoms with E-state index in [2.05, 4.69) is 10.3 Å². The Morgan fingerprint density at radius 1 is 1.53 bits per heavy atom. The van der Waals surface area contributed by atoms with Crippen molar-refractivity contribution in [1.29, 1.82) is 0 Å². The lowest BCUT2D eigenvalue weighted by atomic mass is 10.1. The van der Waals surface area contributed by atoms with Gasteiger partial charge in [0.2, 0.25) is 10.0 Å². The van der Waals surface area contributed by atoms with E-state index in [1.807, 2.05) is 7.05 Å². The number of pyridine rings is 1. The SMILES string of the molecule is CNC(COC)Cc1ccc(S(N)(=O)=O)cn1. The van der Waals surface area contributed by atoms with Gasteiger partial charge in [-0.3, -0.25) is 4.98 Å². The lowest BCUT2D eigenvalue weighted by Gasteiger charge is -2.14. The number of methoxy groups -OCH3 is 1. The molecule has 0 aliphatic rings. The minimum atomic E-state index is -3.67. The molecular weight excluding hydrogens is 242 g/mol. The van der Waals surface area contributed by atoms with E-state index in [0.29, 0.717) is 13.0 Å². The average Bonchev–Trinajstić information content (AvgIpc) is 2.28. The molecule has 0 radical (unpaired) electrons. The molecule has 0 bridgehead atoms. The molecule has 0 fully saturated rings. The number of aromatic nitrogens is 1. The van der Waals surface area contributed by atoms with E-state index in [-0.39, 0.29) is 10.9 Å². The summed E-state index contributed by atoms with van der Waals surface area (Å²) >= 11 is 0. The molecule has 0 spiro atoms.